The third kappa shape index (κ3) is 2.88. The molecule has 7 heteroatoms. The minimum atomic E-state index is -0.147. The van der Waals surface area contributed by atoms with Gasteiger partial charge in [-0.15, -0.1) is 0 Å². The summed E-state index contributed by atoms with van der Waals surface area (Å²) in [6.45, 7) is 1.20. The minimum Gasteiger partial charge on any atom is -0.486 e. The molecular weight excluding hydrogens is 330 g/mol. The van der Waals surface area contributed by atoms with Crippen molar-refractivity contribution in [2.45, 2.75) is 6.54 Å². The normalized spacial score (nSPS) is 13.0. The lowest BCUT2D eigenvalue weighted by Crippen LogP contribution is -2.18. The van der Waals surface area contributed by atoms with Gasteiger partial charge in [0.05, 0.1) is 17.4 Å². The molecule has 24 heavy (non-hydrogen) atoms. The molecule has 0 saturated carbocycles. The largest absolute Gasteiger partial charge is 0.486 e. The van der Waals surface area contributed by atoms with E-state index in [0.717, 1.165) is 11.0 Å². The number of hydrogen-bond acceptors (Lipinski definition) is 4. The number of halogens is 1. The zero-order chi connectivity index (χ0) is 16.5. The molecule has 2 heterocycles. The number of aromatic nitrogens is 2. The molecule has 1 aliphatic heterocycles. The molecule has 4 rings (SSSR count). The minimum absolute atomic E-state index is 0.147. The van der Waals surface area contributed by atoms with Crippen molar-refractivity contribution in [2.24, 2.45) is 0 Å². The molecule has 0 atom stereocenters. The van der Waals surface area contributed by atoms with Gasteiger partial charge in [-0.1, -0.05) is 11.6 Å². The first kappa shape index (κ1) is 14.8. The lowest BCUT2D eigenvalue weighted by Gasteiger charge is -2.18. The van der Waals surface area contributed by atoms with Crippen molar-refractivity contribution in [3.63, 3.8) is 0 Å². The van der Waals surface area contributed by atoms with Gasteiger partial charge in [0.1, 0.15) is 19.8 Å². The number of imidazole rings is 1. The summed E-state index contributed by atoms with van der Waals surface area (Å²) in [6, 6.07) is 10.7. The van der Waals surface area contributed by atoms with Gasteiger partial charge in [-0.05, 0) is 24.3 Å². The van der Waals surface area contributed by atoms with Crippen LogP contribution in [-0.4, -0.2) is 28.7 Å². The zero-order valence-corrected chi connectivity index (χ0v) is 13.4. The highest BCUT2D eigenvalue weighted by Gasteiger charge is 2.16. The molecule has 0 unspecified atom stereocenters. The molecule has 1 aliphatic rings. The predicted molar refractivity (Wildman–Crippen MR) is 90.8 cm³/mol. The second-order valence-electron chi connectivity index (χ2n) is 5.41. The number of carbonyl (C=O) groups is 1. The van der Waals surface area contributed by atoms with Crippen LogP contribution in [-0.2, 0) is 11.3 Å². The van der Waals surface area contributed by atoms with E-state index in [1.807, 2.05) is 12.1 Å². The Kier molecular flexibility index (Phi) is 3.74. The van der Waals surface area contributed by atoms with Crippen LogP contribution >= 0.6 is 11.6 Å². The lowest BCUT2D eigenvalue weighted by atomic mass is 10.2. The molecule has 6 nitrogen and oxygen atoms in total. The molecule has 0 saturated heterocycles. The molecule has 122 valence electrons. The SMILES string of the molecule is O=C(Cn1cnc2cc3c(cc21)OCCO3)Nc1ccc(Cl)cc1. The number of carbonyl (C=O) groups excluding carboxylic acids is 1. The summed E-state index contributed by atoms with van der Waals surface area (Å²) in [6.07, 6.45) is 1.64. The first-order valence-corrected chi connectivity index (χ1v) is 7.87. The molecule has 1 aromatic heterocycles. The topological polar surface area (TPSA) is 65.4 Å². The van der Waals surface area contributed by atoms with Crippen LogP contribution in [0.1, 0.15) is 0 Å². The van der Waals surface area contributed by atoms with Gasteiger partial charge in [0.2, 0.25) is 5.91 Å². The van der Waals surface area contributed by atoms with E-state index in [9.17, 15) is 4.79 Å². The summed E-state index contributed by atoms with van der Waals surface area (Å²) in [5.41, 5.74) is 2.28. The zero-order valence-electron chi connectivity index (χ0n) is 12.7. The smallest absolute Gasteiger partial charge is 0.244 e. The highest BCUT2D eigenvalue weighted by Crippen LogP contribution is 2.34. The molecular formula is C17H14ClN3O3. The van der Waals surface area contributed by atoms with E-state index in [-0.39, 0.29) is 12.5 Å². The number of hydrogen-bond donors (Lipinski definition) is 1. The monoisotopic (exact) mass is 343 g/mol. The molecule has 1 amide bonds. The number of fused-ring (bicyclic) bond motifs is 2. The molecule has 3 aromatic rings. The Hall–Kier alpha value is -2.73. The van der Waals surface area contributed by atoms with E-state index in [4.69, 9.17) is 21.1 Å². The Morgan fingerprint density at radius 2 is 1.88 bits per heavy atom. The Balaban J connectivity index is 1.55. The van der Waals surface area contributed by atoms with Crippen molar-refractivity contribution < 1.29 is 14.3 Å². The van der Waals surface area contributed by atoms with Crippen LogP contribution in [0.15, 0.2) is 42.7 Å². The maximum atomic E-state index is 12.2. The van der Waals surface area contributed by atoms with Crippen LogP contribution in [0.5, 0.6) is 11.5 Å². The quantitative estimate of drug-likeness (QED) is 0.793. The maximum Gasteiger partial charge on any atom is 0.244 e. The van der Waals surface area contributed by atoms with Gasteiger partial charge in [0, 0.05) is 22.8 Å². The van der Waals surface area contributed by atoms with Crippen molar-refractivity contribution in [3.05, 3.63) is 47.7 Å². The number of nitrogens with one attached hydrogen (secondary N) is 1. The van der Waals surface area contributed by atoms with E-state index in [2.05, 4.69) is 10.3 Å². The standard InChI is InChI=1S/C17H14ClN3O3/c18-11-1-3-12(4-2-11)20-17(22)9-21-10-19-13-7-15-16(8-14(13)21)24-6-5-23-15/h1-4,7-8,10H,5-6,9H2,(H,20,22). The molecule has 0 aliphatic carbocycles. The van der Waals surface area contributed by atoms with Crippen molar-refractivity contribution >= 4 is 34.2 Å². The number of benzene rings is 2. The summed E-state index contributed by atoms with van der Waals surface area (Å²) >= 11 is 5.84. The van der Waals surface area contributed by atoms with Gasteiger partial charge in [0.25, 0.3) is 0 Å². The summed E-state index contributed by atoms with van der Waals surface area (Å²) in [5.74, 6) is 1.21. The lowest BCUT2D eigenvalue weighted by molar-refractivity contribution is -0.116. The molecule has 0 bridgehead atoms. The molecule has 0 spiro atoms. The predicted octanol–water partition coefficient (Wildman–Crippen LogP) is 3.10. The Bertz CT molecular complexity index is 905. The van der Waals surface area contributed by atoms with E-state index in [0.29, 0.717) is 35.4 Å². The van der Waals surface area contributed by atoms with Gasteiger partial charge < -0.3 is 19.4 Å². The van der Waals surface area contributed by atoms with Crippen molar-refractivity contribution in [3.8, 4) is 11.5 Å². The summed E-state index contributed by atoms with van der Waals surface area (Å²) in [4.78, 5) is 16.6. The Labute approximate surface area is 143 Å². The number of anilines is 1. The van der Waals surface area contributed by atoms with Crippen LogP contribution in [0.4, 0.5) is 5.69 Å². The van der Waals surface area contributed by atoms with E-state index in [1.54, 1.807) is 35.2 Å². The second-order valence-corrected chi connectivity index (χ2v) is 5.85. The van der Waals surface area contributed by atoms with Crippen LogP contribution in [0, 0.1) is 0 Å². The van der Waals surface area contributed by atoms with E-state index < -0.39 is 0 Å². The van der Waals surface area contributed by atoms with Gasteiger partial charge in [-0.2, -0.15) is 0 Å². The molecule has 0 fully saturated rings. The number of nitrogens with zero attached hydrogens (tertiary/aromatic N) is 2. The maximum absolute atomic E-state index is 12.2. The van der Waals surface area contributed by atoms with Crippen molar-refractivity contribution in [1.29, 1.82) is 0 Å². The molecule has 1 N–H and O–H groups in total. The fourth-order valence-corrected chi connectivity index (χ4v) is 2.74. The van der Waals surface area contributed by atoms with Crippen LogP contribution in [0.25, 0.3) is 11.0 Å². The summed E-state index contributed by atoms with van der Waals surface area (Å²) in [5, 5.41) is 3.46. The van der Waals surface area contributed by atoms with E-state index >= 15 is 0 Å². The Morgan fingerprint density at radius 1 is 1.17 bits per heavy atom. The number of ether oxygens (including phenoxy) is 2. The average Bonchev–Trinajstić information content (AvgIpc) is 2.97. The second kappa shape index (κ2) is 6.05. The summed E-state index contributed by atoms with van der Waals surface area (Å²) in [7, 11) is 0. The van der Waals surface area contributed by atoms with Gasteiger partial charge >= 0.3 is 0 Å². The first-order chi connectivity index (χ1) is 11.7. The Morgan fingerprint density at radius 3 is 2.62 bits per heavy atom. The third-order valence-corrected chi connectivity index (χ3v) is 3.98. The van der Waals surface area contributed by atoms with Crippen molar-refractivity contribution in [2.75, 3.05) is 18.5 Å². The number of rotatable bonds is 3. The van der Waals surface area contributed by atoms with Crippen LogP contribution in [0.3, 0.4) is 0 Å². The van der Waals surface area contributed by atoms with Crippen LogP contribution < -0.4 is 14.8 Å². The summed E-state index contributed by atoms with van der Waals surface area (Å²) < 4.78 is 12.9. The van der Waals surface area contributed by atoms with E-state index in [1.165, 1.54) is 0 Å². The highest BCUT2D eigenvalue weighted by molar-refractivity contribution is 6.30. The highest BCUT2D eigenvalue weighted by atomic mass is 35.5. The fourth-order valence-electron chi connectivity index (χ4n) is 2.61. The van der Waals surface area contributed by atoms with Gasteiger partial charge in [-0.3, -0.25) is 4.79 Å². The van der Waals surface area contributed by atoms with Crippen LogP contribution in [0.2, 0.25) is 5.02 Å². The number of amides is 1. The van der Waals surface area contributed by atoms with Crippen molar-refractivity contribution in [1.82, 2.24) is 9.55 Å². The molecule has 0 radical (unpaired) electrons. The van der Waals surface area contributed by atoms with Gasteiger partial charge in [0.15, 0.2) is 11.5 Å². The average molecular weight is 344 g/mol. The fraction of sp³-hybridized carbons (Fsp3) is 0.176. The van der Waals surface area contributed by atoms with Gasteiger partial charge in [-0.25, -0.2) is 4.98 Å². The third-order valence-electron chi connectivity index (χ3n) is 3.73. The first-order valence-electron chi connectivity index (χ1n) is 7.49. The molecule has 2 aromatic carbocycles.